The number of hydrogen-bond acceptors (Lipinski definition) is 5. The van der Waals surface area contributed by atoms with Gasteiger partial charge in [0, 0.05) is 29.3 Å². The highest BCUT2D eigenvalue weighted by Gasteiger charge is 2.46. The van der Waals surface area contributed by atoms with Crippen molar-refractivity contribution in [2.24, 2.45) is 11.3 Å². The van der Waals surface area contributed by atoms with Gasteiger partial charge in [-0.15, -0.1) is 0 Å². The average molecular weight is 369 g/mol. The van der Waals surface area contributed by atoms with Crippen LogP contribution in [0.15, 0.2) is 47.3 Å². The molecule has 1 aliphatic heterocycles. The number of fused-ring (bicyclic) bond motifs is 1. The van der Waals surface area contributed by atoms with E-state index in [-0.39, 0.29) is 11.2 Å². The molecule has 1 N–H and O–H groups in total. The Bertz CT molecular complexity index is 834. The van der Waals surface area contributed by atoms with E-state index in [0.717, 1.165) is 11.3 Å². The molecule has 0 saturated carbocycles. The monoisotopic (exact) mass is 369 g/mol. The van der Waals surface area contributed by atoms with Gasteiger partial charge in [-0.1, -0.05) is 38.1 Å². The van der Waals surface area contributed by atoms with E-state index in [1.54, 1.807) is 0 Å². The maximum atomic E-state index is 13.2. The summed E-state index contributed by atoms with van der Waals surface area (Å²) in [5.74, 6) is -0.491. The van der Waals surface area contributed by atoms with Crippen LogP contribution < -0.4 is 10.1 Å². The Morgan fingerprint density at radius 1 is 1.26 bits per heavy atom. The Balaban J connectivity index is 2.24. The fourth-order valence-corrected chi connectivity index (χ4v) is 4.21. The molecule has 0 aromatic heterocycles. The van der Waals surface area contributed by atoms with Crippen LogP contribution in [0.3, 0.4) is 0 Å². The maximum absolute atomic E-state index is 13.2. The summed E-state index contributed by atoms with van der Waals surface area (Å²) in [5, 5.41) is 3.30. The van der Waals surface area contributed by atoms with Crippen LogP contribution in [-0.2, 0) is 14.3 Å². The van der Waals surface area contributed by atoms with Gasteiger partial charge in [-0.25, -0.2) is 4.79 Å². The molecule has 1 aromatic carbocycles. The molecule has 5 nitrogen and oxygen atoms in total. The van der Waals surface area contributed by atoms with Gasteiger partial charge >= 0.3 is 5.97 Å². The van der Waals surface area contributed by atoms with Gasteiger partial charge in [-0.05, 0) is 25.3 Å². The Morgan fingerprint density at radius 3 is 2.63 bits per heavy atom. The van der Waals surface area contributed by atoms with E-state index in [9.17, 15) is 9.59 Å². The number of nitrogens with one attached hydrogen (secondary N) is 1. The molecule has 1 heterocycles. The second kappa shape index (κ2) is 7.22. The number of rotatable bonds is 4. The topological polar surface area (TPSA) is 64.6 Å². The summed E-state index contributed by atoms with van der Waals surface area (Å²) in [5.41, 5.74) is 2.68. The first-order valence-electron chi connectivity index (χ1n) is 9.32. The van der Waals surface area contributed by atoms with Crippen molar-refractivity contribution in [1.29, 1.82) is 0 Å². The molecule has 0 saturated heterocycles. The van der Waals surface area contributed by atoms with Crippen LogP contribution in [0, 0.1) is 11.3 Å². The highest BCUT2D eigenvalue weighted by molar-refractivity contribution is 5.96. The van der Waals surface area contributed by atoms with Crippen molar-refractivity contribution < 1.29 is 19.1 Å². The van der Waals surface area contributed by atoms with Crippen LogP contribution in [0.5, 0.6) is 5.75 Å². The standard InChI is InChI=1S/C22H27NO4/c1-6-27-17-10-8-7-9-14(17)19-18(21(25)26-5)13(2)23-15-11-22(3,4)12-16(24)20(15)19/h7-11,19-20,23H,6,12H2,1-5H3. The summed E-state index contributed by atoms with van der Waals surface area (Å²) in [6.45, 7) is 8.38. The number of hydrogen-bond donors (Lipinski definition) is 1. The number of Topliss-reactive ketones (excluding diaryl/α,β-unsaturated/α-hetero) is 1. The fourth-order valence-electron chi connectivity index (χ4n) is 4.21. The normalized spacial score (nSPS) is 23.9. The highest BCUT2D eigenvalue weighted by atomic mass is 16.5. The second-order valence-corrected chi connectivity index (χ2v) is 7.81. The number of para-hydroxylation sites is 1. The molecule has 0 bridgehead atoms. The Morgan fingerprint density at radius 2 is 1.96 bits per heavy atom. The predicted octanol–water partition coefficient (Wildman–Crippen LogP) is 3.72. The van der Waals surface area contributed by atoms with Gasteiger partial charge in [0.15, 0.2) is 0 Å². The fraction of sp³-hybridized carbons (Fsp3) is 0.455. The van der Waals surface area contributed by atoms with E-state index in [0.29, 0.717) is 30.0 Å². The summed E-state index contributed by atoms with van der Waals surface area (Å²) in [6.07, 6.45) is 2.55. The number of carbonyl (C=O) groups is 2. The summed E-state index contributed by atoms with van der Waals surface area (Å²) in [7, 11) is 1.37. The van der Waals surface area contributed by atoms with Crippen molar-refractivity contribution in [3.63, 3.8) is 0 Å². The molecule has 5 heteroatoms. The van der Waals surface area contributed by atoms with Crippen LogP contribution in [-0.4, -0.2) is 25.5 Å². The predicted molar refractivity (Wildman–Crippen MR) is 103 cm³/mol. The lowest BCUT2D eigenvalue weighted by atomic mass is 9.66. The van der Waals surface area contributed by atoms with Crippen LogP contribution in [0.1, 0.15) is 45.6 Å². The summed E-state index contributed by atoms with van der Waals surface area (Å²) < 4.78 is 10.9. The van der Waals surface area contributed by atoms with Crippen molar-refractivity contribution in [2.75, 3.05) is 13.7 Å². The van der Waals surface area contributed by atoms with Crippen LogP contribution >= 0.6 is 0 Å². The van der Waals surface area contributed by atoms with E-state index in [4.69, 9.17) is 9.47 Å². The van der Waals surface area contributed by atoms with Crippen LogP contribution in [0.4, 0.5) is 0 Å². The molecule has 2 aliphatic rings. The van der Waals surface area contributed by atoms with Crippen LogP contribution in [0.25, 0.3) is 0 Å². The molecule has 0 spiro atoms. The molecule has 2 atom stereocenters. The quantitative estimate of drug-likeness (QED) is 0.820. The van der Waals surface area contributed by atoms with E-state index < -0.39 is 17.8 Å². The number of allylic oxidation sites excluding steroid dienone is 3. The van der Waals surface area contributed by atoms with Crippen molar-refractivity contribution in [3.05, 3.63) is 52.9 Å². The Labute approximate surface area is 160 Å². The first-order chi connectivity index (χ1) is 12.8. The first-order valence-corrected chi connectivity index (χ1v) is 9.32. The van der Waals surface area contributed by atoms with Gasteiger partial charge < -0.3 is 14.8 Å². The number of carbonyl (C=O) groups excluding carboxylic acids is 2. The smallest absolute Gasteiger partial charge is 0.336 e. The van der Waals surface area contributed by atoms with Gasteiger partial charge in [0.2, 0.25) is 0 Å². The summed E-state index contributed by atoms with van der Waals surface area (Å²) in [4.78, 5) is 25.8. The molecule has 0 radical (unpaired) electrons. The minimum atomic E-state index is -0.447. The number of benzene rings is 1. The minimum absolute atomic E-state index is 0.121. The molecule has 144 valence electrons. The third-order valence-electron chi connectivity index (χ3n) is 5.20. The molecular formula is C22H27NO4. The zero-order valence-electron chi connectivity index (χ0n) is 16.6. The van der Waals surface area contributed by atoms with Crippen molar-refractivity contribution in [1.82, 2.24) is 5.32 Å². The minimum Gasteiger partial charge on any atom is -0.494 e. The van der Waals surface area contributed by atoms with E-state index in [2.05, 4.69) is 11.4 Å². The Hall–Kier alpha value is -2.56. The Kier molecular flexibility index (Phi) is 5.13. The zero-order chi connectivity index (χ0) is 19.8. The van der Waals surface area contributed by atoms with Gasteiger partial charge in [-0.3, -0.25) is 4.79 Å². The van der Waals surface area contributed by atoms with Crippen molar-refractivity contribution in [2.45, 2.75) is 40.0 Å². The SMILES string of the molecule is CCOc1ccccc1C1C(C(=O)OC)=C(C)NC2=CC(C)(C)CC(=O)C21. The molecular weight excluding hydrogens is 342 g/mol. The zero-order valence-corrected chi connectivity index (χ0v) is 16.6. The average Bonchev–Trinajstić information content (AvgIpc) is 2.59. The molecule has 2 unspecified atom stereocenters. The second-order valence-electron chi connectivity index (χ2n) is 7.81. The van der Waals surface area contributed by atoms with E-state index >= 15 is 0 Å². The molecule has 27 heavy (non-hydrogen) atoms. The molecule has 1 aromatic rings. The number of methoxy groups -OCH3 is 1. The van der Waals surface area contributed by atoms with Gasteiger partial charge in [0.05, 0.1) is 25.2 Å². The summed E-state index contributed by atoms with van der Waals surface area (Å²) in [6, 6.07) is 7.62. The lowest BCUT2D eigenvalue weighted by Gasteiger charge is -2.41. The molecule has 0 amide bonds. The third-order valence-corrected chi connectivity index (χ3v) is 5.20. The van der Waals surface area contributed by atoms with Gasteiger partial charge in [0.25, 0.3) is 0 Å². The van der Waals surface area contributed by atoms with E-state index in [1.807, 2.05) is 52.0 Å². The molecule has 1 aliphatic carbocycles. The van der Waals surface area contributed by atoms with Gasteiger partial charge in [0.1, 0.15) is 11.5 Å². The largest absolute Gasteiger partial charge is 0.494 e. The lowest BCUT2D eigenvalue weighted by Crippen LogP contribution is -2.43. The van der Waals surface area contributed by atoms with Crippen LogP contribution in [0.2, 0.25) is 0 Å². The summed E-state index contributed by atoms with van der Waals surface area (Å²) >= 11 is 0. The number of ether oxygens (including phenoxy) is 2. The lowest BCUT2D eigenvalue weighted by molar-refractivity contribution is -0.136. The van der Waals surface area contributed by atoms with Gasteiger partial charge in [-0.2, -0.15) is 0 Å². The van der Waals surface area contributed by atoms with E-state index in [1.165, 1.54) is 7.11 Å². The maximum Gasteiger partial charge on any atom is 0.336 e. The highest BCUT2D eigenvalue weighted by Crippen LogP contribution is 2.48. The third kappa shape index (κ3) is 3.51. The number of ketones is 1. The molecule has 3 rings (SSSR count). The van der Waals surface area contributed by atoms with Crippen molar-refractivity contribution in [3.8, 4) is 5.75 Å². The number of esters is 1. The first kappa shape index (κ1) is 19.2. The van der Waals surface area contributed by atoms with Crippen molar-refractivity contribution >= 4 is 11.8 Å². The molecule has 0 fully saturated rings.